The van der Waals surface area contributed by atoms with Gasteiger partial charge in [-0.3, -0.25) is 4.68 Å². The Morgan fingerprint density at radius 1 is 1.10 bits per heavy atom. The van der Waals surface area contributed by atoms with Crippen LogP contribution >= 0.6 is 15.9 Å². The quantitative estimate of drug-likeness (QED) is 0.357. The first-order valence-corrected chi connectivity index (χ1v) is 10.4. The molecule has 31 heavy (non-hydrogen) atoms. The van der Waals surface area contributed by atoms with E-state index in [2.05, 4.69) is 31.2 Å². The smallest absolute Gasteiger partial charge is 0.251 e. The van der Waals surface area contributed by atoms with Crippen LogP contribution < -0.4 is 9.47 Å². The van der Waals surface area contributed by atoms with Gasteiger partial charge in [0.2, 0.25) is 5.89 Å². The highest BCUT2D eigenvalue weighted by Crippen LogP contribution is 2.25. The van der Waals surface area contributed by atoms with E-state index in [0.717, 1.165) is 38.4 Å². The molecule has 4 aromatic rings. The maximum absolute atomic E-state index is 5.90. The molecule has 0 atom stereocenters. The molecule has 0 saturated heterocycles. The lowest BCUT2D eigenvalue weighted by Crippen LogP contribution is -1.99. The maximum Gasteiger partial charge on any atom is 0.251 e. The number of hydrogen-bond acceptors (Lipinski definition) is 6. The van der Waals surface area contributed by atoms with Crippen LogP contribution in [0.5, 0.6) is 11.5 Å². The summed E-state index contributed by atoms with van der Waals surface area (Å²) in [6.07, 6.45) is 5.55. The topological polar surface area (TPSA) is 75.2 Å². The molecular formula is C23H21BrN4O3. The first-order chi connectivity index (χ1) is 15.0. The van der Waals surface area contributed by atoms with E-state index < -0.39 is 0 Å². The Morgan fingerprint density at radius 3 is 2.61 bits per heavy atom. The van der Waals surface area contributed by atoms with Crippen LogP contribution in [0.15, 0.2) is 57.6 Å². The molecule has 158 valence electrons. The van der Waals surface area contributed by atoms with E-state index in [9.17, 15) is 0 Å². The number of hydrogen-bond donors (Lipinski definition) is 0. The van der Waals surface area contributed by atoms with Gasteiger partial charge in [-0.25, -0.2) is 0 Å². The second-order valence-corrected chi connectivity index (χ2v) is 7.81. The second kappa shape index (κ2) is 9.18. The van der Waals surface area contributed by atoms with Gasteiger partial charge in [-0.1, -0.05) is 22.0 Å². The highest BCUT2D eigenvalue weighted by atomic mass is 79.9. The van der Waals surface area contributed by atoms with Crippen molar-refractivity contribution in [3.05, 3.63) is 75.8 Å². The van der Waals surface area contributed by atoms with Crippen molar-refractivity contribution in [2.75, 3.05) is 7.11 Å². The normalized spacial score (nSPS) is 11.2. The van der Waals surface area contributed by atoms with E-state index in [0.29, 0.717) is 18.4 Å². The minimum absolute atomic E-state index is 0.386. The molecule has 0 saturated carbocycles. The molecule has 0 unspecified atom stereocenters. The van der Waals surface area contributed by atoms with Gasteiger partial charge >= 0.3 is 0 Å². The summed E-state index contributed by atoms with van der Waals surface area (Å²) in [4.78, 5) is 0. The Balaban J connectivity index is 1.49. The summed E-state index contributed by atoms with van der Waals surface area (Å²) in [6.45, 7) is 2.29. The Kier molecular flexibility index (Phi) is 6.18. The van der Waals surface area contributed by atoms with Gasteiger partial charge in [-0.2, -0.15) is 5.10 Å². The maximum atomic E-state index is 5.90. The number of aryl methyl sites for hydroxylation is 2. The van der Waals surface area contributed by atoms with Crippen molar-refractivity contribution in [2.45, 2.75) is 13.5 Å². The fourth-order valence-corrected chi connectivity index (χ4v) is 3.36. The van der Waals surface area contributed by atoms with Crippen LogP contribution in [-0.2, 0) is 13.7 Å². The third-order valence-corrected chi connectivity index (χ3v) is 5.14. The summed E-state index contributed by atoms with van der Waals surface area (Å²) in [6, 6.07) is 13.6. The van der Waals surface area contributed by atoms with E-state index in [1.807, 2.05) is 68.7 Å². The van der Waals surface area contributed by atoms with E-state index in [1.165, 1.54) is 0 Å². The van der Waals surface area contributed by atoms with E-state index in [4.69, 9.17) is 13.9 Å². The van der Waals surface area contributed by atoms with Gasteiger partial charge in [-0.15, -0.1) is 10.2 Å². The molecule has 0 N–H and O–H groups in total. The van der Waals surface area contributed by atoms with Crippen LogP contribution in [-0.4, -0.2) is 27.1 Å². The van der Waals surface area contributed by atoms with Gasteiger partial charge in [-0.05, 0) is 55.0 Å². The third-order valence-electron chi connectivity index (χ3n) is 4.62. The summed E-state index contributed by atoms with van der Waals surface area (Å²) in [7, 11) is 3.50. The first kappa shape index (κ1) is 20.9. The van der Waals surface area contributed by atoms with Crippen LogP contribution in [0.2, 0.25) is 0 Å². The van der Waals surface area contributed by atoms with Crippen molar-refractivity contribution in [2.24, 2.45) is 7.05 Å². The summed E-state index contributed by atoms with van der Waals surface area (Å²) < 4.78 is 19.9. The van der Waals surface area contributed by atoms with Crippen molar-refractivity contribution in [3.63, 3.8) is 0 Å². The van der Waals surface area contributed by atoms with Crippen molar-refractivity contribution in [1.29, 1.82) is 0 Å². The monoisotopic (exact) mass is 480 g/mol. The van der Waals surface area contributed by atoms with Crippen molar-refractivity contribution >= 4 is 28.1 Å². The van der Waals surface area contributed by atoms with Crippen LogP contribution in [0.3, 0.4) is 0 Å². The van der Waals surface area contributed by atoms with Crippen molar-refractivity contribution in [1.82, 2.24) is 20.0 Å². The zero-order valence-electron chi connectivity index (χ0n) is 17.4. The number of benzene rings is 2. The summed E-state index contributed by atoms with van der Waals surface area (Å²) in [5.41, 5.74) is 3.57. The van der Waals surface area contributed by atoms with E-state index in [-0.39, 0.29) is 0 Å². The molecule has 0 radical (unpaired) electrons. The first-order valence-electron chi connectivity index (χ1n) is 9.59. The number of methoxy groups -OCH3 is 1. The Hall–Kier alpha value is -3.39. The highest BCUT2D eigenvalue weighted by Gasteiger charge is 2.12. The molecule has 2 heterocycles. The molecule has 8 heteroatoms. The molecule has 0 fully saturated rings. The van der Waals surface area contributed by atoms with Gasteiger partial charge in [0.05, 0.1) is 18.4 Å². The largest absolute Gasteiger partial charge is 0.496 e. The second-order valence-electron chi connectivity index (χ2n) is 6.89. The molecule has 0 amide bonds. The average molecular weight is 481 g/mol. The average Bonchev–Trinajstić information content (AvgIpc) is 3.37. The molecule has 0 bridgehead atoms. The van der Waals surface area contributed by atoms with Crippen LogP contribution in [0.25, 0.3) is 23.6 Å². The zero-order chi connectivity index (χ0) is 21.8. The minimum atomic E-state index is 0.386. The summed E-state index contributed by atoms with van der Waals surface area (Å²) in [5, 5.41) is 12.5. The number of aromatic nitrogens is 4. The van der Waals surface area contributed by atoms with Gasteiger partial charge in [0.1, 0.15) is 18.1 Å². The molecule has 2 aromatic carbocycles. The lowest BCUT2D eigenvalue weighted by atomic mass is 10.1. The van der Waals surface area contributed by atoms with Gasteiger partial charge in [0.25, 0.3) is 5.89 Å². The standard InChI is InChI=1S/C23H21BrN4O3/c1-15-20(13-28(2)27-15)23-26-25-22(31-23)11-5-16-4-10-21(29-3)17(12-16)14-30-19-8-6-18(24)7-9-19/h4-13H,14H2,1-3H3/b11-5-. The SMILES string of the molecule is COc1ccc(/C=C\c2nnc(-c3cn(C)nc3C)o2)cc1COc1ccc(Br)cc1. The highest BCUT2D eigenvalue weighted by molar-refractivity contribution is 9.10. The van der Waals surface area contributed by atoms with Crippen LogP contribution in [0, 0.1) is 6.92 Å². The molecule has 2 aromatic heterocycles. The third kappa shape index (κ3) is 5.03. The lowest BCUT2D eigenvalue weighted by molar-refractivity contribution is 0.296. The summed E-state index contributed by atoms with van der Waals surface area (Å²) in [5.74, 6) is 2.42. The molecule has 7 nitrogen and oxygen atoms in total. The number of nitrogens with zero attached hydrogens (tertiary/aromatic N) is 4. The fourth-order valence-electron chi connectivity index (χ4n) is 3.09. The number of halogens is 1. The predicted octanol–water partition coefficient (Wildman–Crippen LogP) is 5.30. The molecule has 0 aliphatic carbocycles. The lowest BCUT2D eigenvalue weighted by Gasteiger charge is -2.11. The Bertz CT molecular complexity index is 1210. The molecule has 0 aliphatic rings. The molecular weight excluding hydrogens is 460 g/mol. The van der Waals surface area contributed by atoms with Gasteiger partial charge in [0.15, 0.2) is 0 Å². The van der Waals surface area contributed by atoms with Crippen molar-refractivity contribution < 1.29 is 13.9 Å². The molecule has 0 aliphatic heterocycles. The zero-order valence-corrected chi connectivity index (χ0v) is 19.0. The van der Waals surface area contributed by atoms with Crippen LogP contribution in [0.4, 0.5) is 0 Å². The van der Waals surface area contributed by atoms with E-state index >= 15 is 0 Å². The Labute approximate surface area is 188 Å². The van der Waals surface area contributed by atoms with Crippen molar-refractivity contribution in [3.8, 4) is 23.0 Å². The summed E-state index contributed by atoms with van der Waals surface area (Å²) >= 11 is 3.42. The minimum Gasteiger partial charge on any atom is -0.496 e. The van der Waals surface area contributed by atoms with Gasteiger partial charge in [0, 0.05) is 29.4 Å². The Morgan fingerprint density at radius 2 is 1.90 bits per heavy atom. The van der Waals surface area contributed by atoms with Crippen LogP contribution in [0.1, 0.15) is 22.7 Å². The van der Waals surface area contributed by atoms with E-state index in [1.54, 1.807) is 17.9 Å². The van der Waals surface area contributed by atoms with Gasteiger partial charge < -0.3 is 13.9 Å². The molecule has 4 rings (SSSR count). The predicted molar refractivity (Wildman–Crippen MR) is 122 cm³/mol. The molecule has 0 spiro atoms. The fraction of sp³-hybridized carbons (Fsp3) is 0.174. The number of ether oxygens (including phenoxy) is 2. The number of rotatable bonds is 7.